The maximum absolute atomic E-state index is 10.8. The predicted molar refractivity (Wildman–Crippen MR) is 44.3 cm³/mol. The van der Waals surface area contributed by atoms with Crippen molar-refractivity contribution in [1.82, 2.24) is 10.6 Å². The molecule has 0 aliphatic carbocycles. The van der Waals surface area contributed by atoms with Crippen molar-refractivity contribution in [3.05, 3.63) is 0 Å². The summed E-state index contributed by atoms with van der Waals surface area (Å²) in [6, 6.07) is 0.989. The van der Waals surface area contributed by atoms with Gasteiger partial charge in [0.2, 0.25) is 5.91 Å². The normalized spacial score (nSPS) is 25.4. The van der Waals surface area contributed by atoms with Crippen LogP contribution in [0.2, 0.25) is 0 Å². The molecule has 1 atom stereocenters. The van der Waals surface area contributed by atoms with Gasteiger partial charge in [0.25, 0.3) is 0 Å². The van der Waals surface area contributed by atoms with Crippen molar-refractivity contribution in [2.75, 3.05) is 6.54 Å². The maximum atomic E-state index is 10.8. The SMILES string of the molecule is CC(C)N[C@@H]1CCC(=O)NC1. The number of rotatable bonds is 2. The highest BCUT2D eigenvalue weighted by molar-refractivity contribution is 5.76. The molecule has 0 spiro atoms. The zero-order valence-corrected chi connectivity index (χ0v) is 7.18. The number of amides is 1. The van der Waals surface area contributed by atoms with Gasteiger partial charge in [0, 0.05) is 25.0 Å². The van der Waals surface area contributed by atoms with E-state index in [1.807, 2.05) is 0 Å². The van der Waals surface area contributed by atoms with Crippen molar-refractivity contribution in [1.29, 1.82) is 0 Å². The van der Waals surface area contributed by atoms with E-state index in [9.17, 15) is 4.79 Å². The van der Waals surface area contributed by atoms with Crippen molar-refractivity contribution in [2.45, 2.75) is 38.8 Å². The van der Waals surface area contributed by atoms with Gasteiger partial charge in [-0.15, -0.1) is 0 Å². The van der Waals surface area contributed by atoms with Crippen molar-refractivity contribution >= 4 is 5.91 Å². The lowest BCUT2D eigenvalue weighted by molar-refractivity contribution is -0.122. The van der Waals surface area contributed by atoms with Crippen LogP contribution >= 0.6 is 0 Å². The molecule has 1 aliphatic heterocycles. The average Bonchev–Trinajstić information content (AvgIpc) is 1.93. The molecule has 0 radical (unpaired) electrons. The van der Waals surface area contributed by atoms with Crippen molar-refractivity contribution in [3.63, 3.8) is 0 Å². The second-order valence-corrected chi connectivity index (χ2v) is 3.36. The van der Waals surface area contributed by atoms with Gasteiger partial charge in [-0.2, -0.15) is 0 Å². The van der Waals surface area contributed by atoms with Crippen molar-refractivity contribution < 1.29 is 4.79 Å². The van der Waals surface area contributed by atoms with Crippen LogP contribution in [-0.4, -0.2) is 24.5 Å². The van der Waals surface area contributed by atoms with Crippen LogP contribution in [0.15, 0.2) is 0 Å². The van der Waals surface area contributed by atoms with E-state index in [1.165, 1.54) is 0 Å². The highest BCUT2D eigenvalue weighted by atomic mass is 16.1. The van der Waals surface area contributed by atoms with E-state index in [0.29, 0.717) is 18.5 Å². The summed E-state index contributed by atoms with van der Waals surface area (Å²) in [5.41, 5.74) is 0. The minimum Gasteiger partial charge on any atom is -0.355 e. The molecule has 64 valence electrons. The van der Waals surface area contributed by atoms with Gasteiger partial charge >= 0.3 is 0 Å². The van der Waals surface area contributed by atoms with E-state index in [4.69, 9.17) is 0 Å². The van der Waals surface area contributed by atoms with Crippen molar-refractivity contribution in [2.24, 2.45) is 0 Å². The number of piperidine rings is 1. The molecule has 2 N–H and O–H groups in total. The Morgan fingerprint density at radius 3 is 2.82 bits per heavy atom. The van der Waals surface area contributed by atoms with Crippen LogP contribution in [0.4, 0.5) is 0 Å². The van der Waals surface area contributed by atoms with Gasteiger partial charge in [-0.05, 0) is 6.42 Å². The van der Waals surface area contributed by atoms with Crippen LogP contribution in [0.1, 0.15) is 26.7 Å². The Hall–Kier alpha value is -0.570. The second kappa shape index (κ2) is 3.72. The summed E-state index contributed by atoms with van der Waals surface area (Å²) in [7, 11) is 0. The first kappa shape index (κ1) is 8.53. The third kappa shape index (κ3) is 2.89. The Labute approximate surface area is 67.5 Å². The fourth-order valence-corrected chi connectivity index (χ4v) is 1.35. The molecule has 1 rings (SSSR count). The van der Waals surface area contributed by atoms with E-state index >= 15 is 0 Å². The van der Waals surface area contributed by atoms with Crippen LogP contribution in [0, 0.1) is 0 Å². The zero-order chi connectivity index (χ0) is 8.27. The van der Waals surface area contributed by atoms with Crippen molar-refractivity contribution in [3.8, 4) is 0 Å². The predicted octanol–water partition coefficient (Wildman–Crippen LogP) is 0.263. The summed E-state index contributed by atoms with van der Waals surface area (Å²) < 4.78 is 0. The molecule has 3 heteroatoms. The molecule has 0 unspecified atom stereocenters. The molecule has 3 nitrogen and oxygen atoms in total. The smallest absolute Gasteiger partial charge is 0.220 e. The molecule has 0 aromatic carbocycles. The monoisotopic (exact) mass is 156 g/mol. The Morgan fingerprint density at radius 2 is 2.36 bits per heavy atom. The molecule has 1 heterocycles. The van der Waals surface area contributed by atoms with Gasteiger partial charge in [0.15, 0.2) is 0 Å². The summed E-state index contributed by atoms with van der Waals surface area (Å²) in [6.07, 6.45) is 1.65. The number of carbonyl (C=O) groups excluding carboxylic acids is 1. The average molecular weight is 156 g/mol. The van der Waals surface area contributed by atoms with E-state index < -0.39 is 0 Å². The first-order valence-corrected chi connectivity index (χ1v) is 4.21. The minimum atomic E-state index is 0.187. The lowest BCUT2D eigenvalue weighted by atomic mass is 10.1. The maximum Gasteiger partial charge on any atom is 0.220 e. The Balaban J connectivity index is 2.22. The standard InChI is InChI=1S/C8H16N2O/c1-6(2)10-7-3-4-8(11)9-5-7/h6-7,10H,3-5H2,1-2H3,(H,9,11)/t7-/m1/s1. The molecule has 0 aromatic rings. The molecule has 1 saturated heterocycles. The third-order valence-corrected chi connectivity index (χ3v) is 1.83. The molecular formula is C8H16N2O. The van der Waals surface area contributed by atoms with Gasteiger partial charge < -0.3 is 10.6 Å². The highest BCUT2D eigenvalue weighted by Gasteiger charge is 2.17. The van der Waals surface area contributed by atoms with Crippen LogP contribution in [0.25, 0.3) is 0 Å². The van der Waals surface area contributed by atoms with Crippen LogP contribution < -0.4 is 10.6 Å². The molecule has 11 heavy (non-hydrogen) atoms. The van der Waals surface area contributed by atoms with E-state index in [0.717, 1.165) is 13.0 Å². The molecule has 1 aliphatic rings. The summed E-state index contributed by atoms with van der Waals surface area (Å²) in [6.45, 7) is 5.03. The number of hydrogen-bond donors (Lipinski definition) is 2. The zero-order valence-electron chi connectivity index (χ0n) is 7.18. The Bertz CT molecular complexity index is 135. The lowest BCUT2D eigenvalue weighted by Gasteiger charge is -2.25. The molecule has 1 fully saturated rings. The van der Waals surface area contributed by atoms with E-state index in [1.54, 1.807) is 0 Å². The van der Waals surface area contributed by atoms with Crippen LogP contribution in [-0.2, 0) is 4.79 Å². The van der Waals surface area contributed by atoms with Gasteiger partial charge in [-0.1, -0.05) is 13.8 Å². The first-order valence-electron chi connectivity index (χ1n) is 4.21. The largest absolute Gasteiger partial charge is 0.355 e. The summed E-state index contributed by atoms with van der Waals surface area (Å²) in [5, 5.41) is 6.22. The summed E-state index contributed by atoms with van der Waals surface area (Å²) >= 11 is 0. The van der Waals surface area contributed by atoms with Crippen LogP contribution in [0.5, 0.6) is 0 Å². The fourth-order valence-electron chi connectivity index (χ4n) is 1.35. The van der Waals surface area contributed by atoms with Crippen LogP contribution in [0.3, 0.4) is 0 Å². The molecule has 0 saturated carbocycles. The second-order valence-electron chi connectivity index (χ2n) is 3.36. The molecular weight excluding hydrogens is 140 g/mol. The minimum absolute atomic E-state index is 0.187. The lowest BCUT2D eigenvalue weighted by Crippen LogP contribution is -2.47. The fraction of sp³-hybridized carbons (Fsp3) is 0.875. The van der Waals surface area contributed by atoms with Gasteiger partial charge in [-0.25, -0.2) is 0 Å². The van der Waals surface area contributed by atoms with Gasteiger partial charge in [0.1, 0.15) is 0 Å². The van der Waals surface area contributed by atoms with E-state index in [-0.39, 0.29) is 5.91 Å². The number of carbonyl (C=O) groups is 1. The highest BCUT2D eigenvalue weighted by Crippen LogP contribution is 2.02. The molecule has 0 aromatic heterocycles. The van der Waals surface area contributed by atoms with Gasteiger partial charge in [-0.3, -0.25) is 4.79 Å². The molecule has 0 bridgehead atoms. The third-order valence-electron chi connectivity index (χ3n) is 1.83. The quantitative estimate of drug-likeness (QED) is 0.602. The number of nitrogens with one attached hydrogen (secondary N) is 2. The topological polar surface area (TPSA) is 41.1 Å². The number of hydrogen-bond acceptors (Lipinski definition) is 2. The Kier molecular flexibility index (Phi) is 2.88. The summed E-state index contributed by atoms with van der Waals surface area (Å²) in [5.74, 6) is 0.187. The summed E-state index contributed by atoms with van der Waals surface area (Å²) in [4.78, 5) is 10.8. The first-order chi connectivity index (χ1) is 5.18. The van der Waals surface area contributed by atoms with Gasteiger partial charge in [0.05, 0.1) is 0 Å². The molecule has 1 amide bonds. The Morgan fingerprint density at radius 1 is 1.64 bits per heavy atom. The van der Waals surface area contributed by atoms with E-state index in [2.05, 4.69) is 24.5 Å².